The zero-order chi connectivity index (χ0) is 11.4. The van der Waals surface area contributed by atoms with E-state index in [0.717, 1.165) is 0 Å². The molecule has 2 rings (SSSR count). The van der Waals surface area contributed by atoms with Crippen LogP contribution in [0.5, 0.6) is 0 Å². The molecule has 0 atom stereocenters. The van der Waals surface area contributed by atoms with Gasteiger partial charge in [0.25, 0.3) is 0 Å². The van der Waals surface area contributed by atoms with Crippen molar-refractivity contribution in [1.82, 2.24) is 4.98 Å². The molecule has 3 N–H and O–H groups in total. The molecule has 0 spiro atoms. The second-order valence-electron chi connectivity index (χ2n) is 3.00. The van der Waals surface area contributed by atoms with E-state index in [1.54, 1.807) is 17.5 Å². The van der Waals surface area contributed by atoms with Crippen LogP contribution < -0.4 is 11.2 Å². The summed E-state index contributed by atoms with van der Waals surface area (Å²) in [6, 6.07) is 6.15. The van der Waals surface area contributed by atoms with Crippen LogP contribution in [0.3, 0.4) is 0 Å². The van der Waals surface area contributed by atoms with Gasteiger partial charge in [0.1, 0.15) is 11.6 Å². The number of nitrogens with two attached hydrogens (primary N) is 1. The zero-order valence-corrected chi connectivity index (χ0v) is 9.04. The van der Waals surface area contributed by atoms with Crippen LogP contribution in [0.2, 0.25) is 0 Å². The van der Waals surface area contributed by atoms with Crippen molar-refractivity contribution in [3.05, 3.63) is 41.0 Å². The van der Waals surface area contributed by atoms with Gasteiger partial charge in [-0.05, 0) is 17.7 Å². The number of hydrogen-bond acceptors (Lipinski definition) is 5. The van der Waals surface area contributed by atoms with Gasteiger partial charge >= 0.3 is 0 Å². The molecular formula is C10H9FN4S. The van der Waals surface area contributed by atoms with Gasteiger partial charge in [0.15, 0.2) is 0 Å². The largest absolute Gasteiger partial charge is 0.383 e. The molecule has 16 heavy (non-hydrogen) atoms. The third-order valence-corrected chi connectivity index (χ3v) is 2.51. The first-order valence-corrected chi connectivity index (χ1v) is 5.37. The van der Waals surface area contributed by atoms with Gasteiger partial charge in [-0.2, -0.15) is 5.10 Å². The summed E-state index contributed by atoms with van der Waals surface area (Å²) >= 11 is 1.35. The Morgan fingerprint density at radius 3 is 3.06 bits per heavy atom. The Kier molecular flexibility index (Phi) is 3.11. The molecule has 0 unspecified atom stereocenters. The summed E-state index contributed by atoms with van der Waals surface area (Å²) < 4.78 is 12.8. The van der Waals surface area contributed by atoms with Crippen LogP contribution in [0.25, 0.3) is 0 Å². The number of rotatable bonds is 3. The lowest BCUT2D eigenvalue weighted by Crippen LogP contribution is -1.91. The summed E-state index contributed by atoms with van der Waals surface area (Å²) in [5.74, 6) is 0.163. The Hall–Kier alpha value is -1.95. The minimum absolute atomic E-state index is 0.289. The zero-order valence-electron chi connectivity index (χ0n) is 8.22. The molecule has 1 aromatic carbocycles. The van der Waals surface area contributed by atoms with Crippen LogP contribution >= 0.6 is 11.3 Å². The molecule has 1 aromatic heterocycles. The fourth-order valence-corrected chi connectivity index (χ4v) is 1.64. The van der Waals surface area contributed by atoms with Crippen LogP contribution in [0.15, 0.2) is 34.7 Å². The number of nitrogens with zero attached hydrogens (tertiary/aromatic N) is 2. The van der Waals surface area contributed by atoms with Crippen LogP contribution in [0.1, 0.15) is 5.56 Å². The number of nitrogen functional groups attached to an aromatic ring is 1. The molecule has 0 saturated carbocycles. The van der Waals surface area contributed by atoms with Crippen LogP contribution in [0, 0.1) is 5.82 Å². The van der Waals surface area contributed by atoms with Crippen molar-refractivity contribution < 1.29 is 4.39 Å². The van der Waals surface area contributed by atoms with Crippen molar-refractivity contribution in [3.8, 4) is 0 Å². The van der Waals surface area contributed by atoms with E-state index in [1.807, 2.05) is 0 Å². The third-order valence-electron chi connectivity index (χ3n) is 1.74. The molecule has 0 amide bonds. The van der Waals surface area contributed by atoms with E-state index >= 15 is 0 Å². The summed E-state index contributed by atoms with van der Waals surface area (Å²) in [6.07, 6.45) is 1.51. The number of aromatic nitrogens is 1. The Bertz CT molecular complexity index is 509. The van der Waals surface area contributed by atoms with Crippen molar-refractivity contribution in [1.29, 1.82) is 0 Å². The molecule has 4 nitrogen and oxygen atoms in total. The number of hydrogen-bond donors (Lipinski definition) is 2. The number of benzene rings is 1. The van der Waals surface area contributed by atoms with Gasteiger partial charge in [0.2, 0.25) is 5.13 Å². The third kappa shape index (κ3) is 2.77. The summed E-state index contributed by atoms with van der Waals surface area (Å²) in [5, 5.41) is 6.23. The van der Waals surface area contributed by atoms with Gasteiger partial charge in [0.05, 0.1) is 6.21 Å². The van der Waals surface area contributed by atoms with Gasteiger partial charge in [-0.15, -0.1) is 11.3 Å². The second kappa shape index (κ2) is 4.71. The second-order valence-corrected chi connectivity index (χ2v) is 3.86. The molecule has 0 aliphatic carbocycles. The molecule has 0 aliphatic rings. The minimum atomic E-state index is -0.289. The number of thiazole rings is 1. The van der Waals surface area contributed by atoms with E-state index in [9.17, 15) is 4.39 Å². The van der Waals surface area contributed by atoms with E-state index in [1.165, 1.54) is 29.7 Å². The van der Waals surface area contributed by atoms with Crippen molar-refractivity contribution in [2.45, 2.75) is 0 Å². The molecule has 0 bridgehead atoms. The quantitative estimate of drug-likeness (QED) is 0.635. The normalized spacial score (nSPS) is 10.8. The summed E-state index contributed by atoms with van der Waals surface area (Å²) in [6.45, 7) is 0. The Labute approximate surface area is 95.6 Å². The van der Waals surface area contributed by atoms with Gasteiger partial charge < -0.3 is 5.73 Å². The molecular weight excluding hydrogens is 227 g/mol. The number of anilines is 2. The fourth-order valence-electron chi connectivity index (χ4n) is 1.09. The summed E-state index contributed by atoms with van der Waals surface area (Å²) in [7, 11) is 0. The number of halogens is 1. The Morgan fingerprint density at radius 1 is 1.50 bits per heavy atom. The van der Waals surface area contributed by atoms with Gasteiger partial charge in [-0.1, -0.05) is 12.1 Å². The monoisotopic (exact) mass is 236 g/mol. The molecule has 0 fully saturated rings. The van der Waals surface area contributed by atoms with Crippen LogP contribution in [0.4, 0.5) is 15.3 Å². The standard InChI is InChI=1S/C10H9FN4S/c11-8-3-1-2-7(4-8)5-13-15-10-14-9(12)6-16-10/h1-6H,12H2,(H,14,15). The lowest BCUT2D eigenvalue weighted by molar-refractivity contribution is 0.627. The summed E-state index contributed by atoms with van der Waals surface area (Å²) in [4.78, 5) is 3.96. The highest BCUT2D eigenvalue weighted by Gasteiger charge is 1.95. The first-order valence-electron chi connectivity index (χ1n) is 4.50. The van der Waals surface area contributed by atoms with E-state index in [0.29, 0.717) is 16.5 Å². The molecule has 82 valence electrons. The van der Waals surface area contributed by atoms with Crippen molar-refractivity contribution >= 4 is 28.5 Å². The van der Waals surface area contributed by atoms with Crippen molar-refractivity contribution in [3.63, 3.8) is 0 Å². The van der Waals surface area contributed by atoms with E-state index < -0.39 is 0 Å². The van der Waals surface area contributed by atoms with E-state index in [-0.39, 0.29) is 5.82 Å². The maximum atomic E-state index is 12.8. The average molecular weight is 236 g/mol. The molecule has 0 aliphatic heterocycles. The lowest BCUT2D eigenvalue weighted by atomic mass is 10.2. The Balaban J connectivity index is 2.00. The minimum Gasteiger partial charge on any atom is -0.383 e. The fraction of sp³-hybridized carbons (Fsp3) is 0. The van der Waals surface area contributed by atoms with Gasteiger partial charge in [0, 0.05) is 5.38 Å². The molecule has 6 heteroatoms. The van der Waals surface area contributed by atoms with Gasteiger partial charge in [-0.3, -0.25) is 5.43 Å². The molecule has 0 saturated heterocycles. The SMILES string of the molecule is Nc1csc(NN=Cc2cccc(F)c2)n1. The topological polar surface area (TPSA) is 63.3 Å². The van der Waals surface area contributed by atoms with E-state index in [4.69, 9.17) is 5.73 Å². The first kappa shape index (κ1) is 10.6. The first-order chi connectivity index (χ1) is 7.74. The molecule has 1 heterocycles. The summed E-state index contributed by atoms with van der Waals surface area (Å²) in [5.41, 5.74) is 8.82. The molecule has 0 radical (unpaired) electrons. The van der Waals surface area contributed by atoms with Crippen LogP contribution in [-0.4, -0.2) is 11.2 Å². The maximum Gasteiger partial charge on any atom is 0.205 e. The molecule has 2 aromatic rings. The highest BCUT2D eigenvalue weighted by Crippen LogP contribution is 2.15. The predicted molar refractivity (Wildman–Crippen MR) is 64.1 cm³/mol. The highest BCUT2D eigenvalue weighted by atomic mass is 32.1. The predicted octanol–water partition coefficient (Wildman–Crippen LogP) is 2.31. The lowest BCUT2D eigenvalue weighted by Gasteiger charge is -1.94. The Morgan fingerprint density at radius 2 is 2.38 bits per heavy atom. The maximum absolute atomic E-state index is 12.8. The average Bonchev–Trinajstić information content (AvgIpc) is 2.64. The van der Waals surface area contributed by atoms with E-state index in [2.05, 4.69) is 15.5 Å². The highest BCUT2D eigenvalue weighted by molar-refractivity contribution is 7.14. The van der Waals surface area contributed by atoms with Crippen molar-refractivity contribution in [2.75, 3.05) is 11.2 Å². The van der Waals surface area contributed by atoms with Crippen molar-refractivity contribution in [2.24, 2.45) is 5.10 Å². The van der Waals surface area contributed by atoms with Gasteiger partial charge in [-0.25, -0.2) is 9.37 Å². The smallest absolute Gasteiger partial charge is 0.205 e. The number of nitrogens with one attached hydrogen (secondary N) is 1. The number of hydrazone groups is 1. The van der Waals surface area contributed by atoms with Crippen LogP contribution in [-0.2, 0) is 0 Å².